The van der Waals surface area contributed by atoms with Crippen LogP contribution in [0.5, 0.6) is 11.5 Å². The summed E-state index contributed by atoms with van der Waals surface area (Å²) in [5.74, 6) is 0.746. The normalized spacial score (nSPS) is 12.7. The van der Waals surface area contributed by atoms with E-state index in [2.05, 4.69) is 17.2 Å². The fraction of sp³-hybridized carbons (Fsp3) is 0.0370. The SMILES string of the molecule is O=c1c(Oc2ccc(-c3ccccc3)cc2)c(N2C=CCC=C2)cnn1-c1ccc(Cl)cc1. The topological polar surface area (TPSA) is 47.4 Å². The molecule has 33 heavy (non-hydrogen) atoms. The zero-order valence-electron chi connectivity index (χ0n) is 17.6. The number of benzene rings is 3. The molecule has 0 fully saturated rings. The van der Waals surface area contributed by atoms with Crippen LogP contribution >= 0.6 is 11.6 Å². The van der Waals surface area contributed by atoms with Gasteiger partial charge in [0, 0.05) is 17.4 Å². The number of allylic oxidation sites excluding steroid dienone is 2. The van der Waals surface area contributed by atoms with Crippen LogP contribution in [0.4, 0.5) is 5.69 Å². The quantitative estimate of drug-likeness (QED) is 0.342. The summed E-state index contributed by atoms with van der Waals surface area (Å²) in [7, 11) is 0. The molecule has 4 aromatic rings. The van der Waals surface area contributed by atoms with E-state index in [0.717, 1.165) is 17.5 Å². The molecule has 0 unspecified atom stereocenters. The highest BCUT2D eigenvalue weighted by Gasteiger charge is 2.19. The van der Waals surface area contributed by atoms with Gasteiger partial charge < -0.3 is 9.64 Å². The van der Waals surface area contributed by atoms with Gasteiger partial charge in [0.25, 0.3) is 0 Å². The van der Waals surface area contributed by atoms with Crippen LogP contribution in [0.1, 0.15) is 6.42 Å². The van der Waals surface area contributed by atoms with Crippen molar-refractivity contribution < 1.29 is 4.74 Å². The molecule has 5 nitrogen and oxygen atoms in total. The molecule has 0 aliphatic carbocycles. The van der Waals surface area contributed by atoms with Gasteiger partial charge in [-0.1, -0.05) is 66.2 Å². The number of anilines is 1. The van der Waals surface area contributed by atoms with Crippen LogP contribution < -0.4 is 15.2 Å². The molecule has 1 aliphatic rings. The maximum absolute atomic E-state index is 13.5. The summed E-state index contributed by atoms with van der Waals surface area (Å²) in [5, 5.41) is 4.97. The van der Waals surface area contributed by atoms with Gasteiger partial charge >= 0.3 is 5.56 Å². The van der Waals surface area contributed by atoms with Gasteiger partial charge in [-0.25, -0.2) is 0 Å². The third-order valence-electron chi connectivity index (χ3n) is 5.25. The lowest BCUT2D eigenvalue weighted by molar-refractivity contribution is 0.469. The Balaban J connectivity index is 1.55. The number of nitrogens with zero attached hydrogens (tertiary/aromatic N) is 3. The van der Waals surface area contributed by atoms with Crippen molar-refractivity contribution in [1.29, 1.82) is 0 Å². The Morgan fingerprint density at radius 1 is 0.818 bits per heavy atom. The maximum atomic E-state index is 13.5. The summed E-state index contributed by atoms with van der Waals surface area (Å²) < 4.78 is 7.47. The second kappa shape index (κ2) is 9.18. The minimum Gasteiger partial charge on any atom is -0.449 e. The predicted molar refractivity (Wildman–Crippen MR) is 132 cm³/mol. The lowest BCUT2D eigenvalue weighted by Crippen LogP contribution is -2.25. The van der Waals surface area contributed by atoms with Gasteiger partial charge in [-0.2, -0.15) is 9.78 Å². The second-order valence-corrected chi connectivity index (χ2v) is 7.89. The van der Waals surface area contributed by atoms with E-state index >= 15 is 0 Å². The van der Waals surface area contributed by atoms with Crippen molar-refractivity contribution in [3.05, 3.63) is 125 Å². The van der Waals surface area contributed by atoms with Crippen LogP contribution in [0, 0.1) is 0 Å². The van der Waals surface area contributed by atoms with E-state index in [-0.39, 0.29) is 11.3 Å². The summed E-state index contributed by atoms with van der Waals surface area (Å²) in [5.41, 5.74) is 2.98. The van der Waals surface area contributed by atoms with Gasteiger partial charge in [0.2, 0.25) is 5.75 Å². The number of hydrogen-bond donors (Lipinski definition) is 0. The third-order valence-corrected chi connectivity index (χ3v) is 5.50. The Kier molecular flexibility index (Phi) is 5.79. The van der Waals surface area contributed by atoms with Gasteiger partial charge in [-0.15, -0.1) is 0 Å². The van der Waals surface area contributed by atoms with E-state index in [0.29, 0.717) is 22.1 Å². The van der Waals surface area contributed by atoms with Crippen molar-refractivity contribution in [2.45, 2.75) is 6.42 Å². The van der Waals surface area contributed by atoms with Crippen molar-refractivity contribution in [2.24, 2.45) is 0 Å². The Hall–Kier alpha value is -4.09. The van der Waals surface area contributed by atoms with Crippen LogP contribution in [-0.4, -0.2) is 9.78 Å². The summed E-state index contributed by atoms with van der Waals surface area (Å²) in [6, 6.07) is 24.7. The zero-order chi connectivity index (χ0) is 22.6. The van der Waals surface area contributed by atoms with Gasteiger partial charge in [-0.3, -0.25) is 4.79 Å². The fourth-order valence-electron chi connectivity index (χ4n) is 3.58. The van der Waals surface area contributed by atoms with Crippen molar-refractivity contribution >= 4 is 17.3 Å². The number of aromatic nitrogens is 2. The first-order valence-corrected chi connectivity index (χ1v) is 10.9. The minimum atomic E-state index is -0.366. The van der Waals surface area contributed by atoms with E-state index in [9.17, 15) is 4.79 Å². The molecule has 162 valence electrons. The molecule has 0 bridgehead atoms. The third kappa shape index (κ3) is 4.45. The molecular weight excluding hydrogens is 434 g/mol. The molecule has 0 amide bonds. The molecule has 0 saturated heterocycles. The fourth-order valence-corrected chi connectivity index (χ4v) is 3.70. The summed E-state index contributed by atoms with van der Waals surface area (Å²) in [4.78, 5) is 15.3. The van der Waals surface area contributed by atoms with E-state index in [4.69, 9.17) is 16.3 Å². The number of rotatable bonds is 5. The molecule has 0 saturated carbocycles. The average Bonchev–Trinajstić information content (AvgIpc) is 2.87. The van der Waals surface area contributed by atoms with Gasteiger partial charge in [0.05, 0.1) is 11.9 Å². The summed E-state index contributed by atoms with van der Waals surface area (Å²) >= 11 is 6.01. The van der Waals surface area contributed by atoms with E-state index in [1.807, 2.05) is 71.9 Å². The summed E-state index contributed by atoms with van der Waals surface area (Å²) in [6.07, 6.45) is 10.3. The van der Waals surface area contributed by atoms with Crippen LogP contribution in [0.2, 0.25) is 5.02 Å². The molecule has 0 radical (unpaired) electrons. The molecule has 5 rings (SSSR count). The summed E-state index contributed by atoms with van der Waals surface area (Å²) in [6.45, 7) is 0. The molecule has 2 heterocycles. The Morgan fingerprint density at radius 2 is 1.48 bits per heavy atom. The van der Waals surface area contributed by atoms with E-state index in [1.54, 1.807) is 30.5 Å². The van der Waals surface area contributed by atoms with Gasteiger partial charge in [-0.05, 0) is 53.9 Å². The number of ether oxygens (including phenoxy) is 1. The molecule has 1 aromatic heterocycles. The first-order chi connectivity index (χ1) is 16.2. The Labute approximate surface area is 196 Å². The van der Waals surface area contributed by atoms with E-state index in [1.165, 1.54) is 4.68 Å². The molecule has 6 heteroatoms. The first-order valence-electron chi connectivity index (χ1n) is 10.5. The monoisotopic (exact) mass is 453 g/mol. The van der Waals surface area contributed by atoms with Gasteiger partial charge in [0.15, 0.2) is 0 Å². The minimum absolute atomic E-state index is 0.184. The molecular formula is C27H20ClN3O2. The molecule has 0 atom stereocenters. The number of hydrogen-bond acceptors (Lipinski definition) is 4. The lowest BCUT2D eigenvalue weighted by Gasteiger charge is -2.21. The van der Waals surface area contributed by atoms with Crippen LogP contribution in [-0.2, 0) is 0 Å². The van der Waals surface area contributed by atoms with Crippen LogP contribution in [0.15, 0.2) is 114 Å². The van der Waals surface area contributed by atoms with Crippen LogP contribution in [0.3, 0.4) is 0 Å². The van der Waals surface area contributed by atoms with Crippen molar-refractivity contribution in [1.82, 2.24) is 9.78 Å². The van der Waals surface area contributed by atoms with Crippen molar-refractivity contribution in [3.63, 3.8) is 0 Å². The van der Waals surface area contributed by atoms with Gasteiger partial charge in [0.1, 0.15) is 11.4 Å². The second-order valence-electron chi connectivity index (χ2n) is 7.46. The smallest absolute Gasteiger partial charge is 0.316 e. The Bertz CT molecular complexity index is 1360. The predicted octanol–water partition coefficient (Wildman–Crippen LogP) is 6.58. The van der Waals surface area contributed by atoms with Crippen LogP contribution in [0.25, 0.3) is 16.8 Å². The standard InChI is InChI=1S/C27H20ClN3O2/c28-22-11-13-23(14-12-22)31-27(32)26(25(19-29-31)30-17-5-2-6-18-30)33-24-15-9-21(10-16-24)20-7-3-1-4-8-20/h1,3-19H,2H2. The average molecular weight is 454 g/mol. The van der Waals surface area contributed by atoms with Crippen molar-refractivity contribution in [2.75, 3.05) is 4.90 Å². The number of halogens is 1. The highest BCUT2D eigenvalue weighted by molar-refractivity contribution is 6.30. The molecule has 1 aliphatic heterocycles. The van der Waals surface area contributed by atoms with Crippen molar-refractivity contribution in [3.8, 4) is 28.3 Å². The highest BCUT2D eigenvalue weighted by Crippen LogP contribution is 2.31. The highest BCUT2D eigenvalue weighted by atomic mass is 35.5. The largest absolute Gasteiger partial charge is 0.449 e. The maximum Gasteiger partial charge on any atom is 0.316 e. The van der Waals surface area contributed by atoms with E-state index < -0.39 is 0 Å². The zero-order valence-corrected chi connectivity index (χ0v) is 18.4. The molecule has 0 N–H and O–H groups in total. The molecule has 3 aromatic carbocycles. The Morgan fingerprint density at radius 3 is 2.18 bits per heavy atom. The molecule has 0 spiro atoms. The first kappa shape index (κ1) is 20.8. The lowest BCUT2D eigenvalue weighted by atomic mass is 10.1.